The molecule has 1 saturated heterocycles. The average molecular weight is 1850 g/mol. The second kappa shape index (κ2) is 48.4. The number of ether oxygens (including phenoxy) is 7. The number of sulfonamides is 3. The zero-order chi connectivity index (χ0) is 86.5. The number of Topliss-reactive ketones (excluding diaryl/α,β-unsaturated/α-hetero) is 1. The van der Waals surface area contributed by atoms with Crippen molar-refractivity contribution in [1.29, 1.82) is 0 Å². The van der Waals surface area contributed by atoms with Crippen molar-refractivity contribution in [3.05, 3.63) is 189 Å². The topological polar surface area (TPSA) is 320 Å². The highest BCUT2D eigenvalue weighted by Gasteiger charge is 2.36. The largest absolute Gasteiger partial charge is 0.379 e. The maximum atomic E-state index is 14.1. The molecule has 0 unspecified atom stereocenters. The van der Waals surface area contributed by atoms with Crippen LogP contribution in [0.4, 0.5) is 0 Å². The van der Waals surface area contributed by atoms with Gasteiger partial charge in [-0.15, -0.1) is 0 Å². The first-order chi connectivity index (χ1) is 58.0. The number of hydrogen-bond donors (Lipinski definition) is 6. The van der Waals surface area contributed by atoms with Gasteiger partial charge in [0.05, 0.1) is 101 Å². The fraction of sp³-hybridized carbons (Fsp3) is 0.529. The number of morpholine rings is 1. The number of hydrogen-bond acceptors (Lipinski definition) is 21. The van der Waals surface area contributed by atoms with Gasteiger partial charge in [-0.1, -0.05) is 106 Å². The van der Waals surface area contributed by atoms with E-state index in [4.69, 9.17) is 103 Å². The minimum atomic E-state index is -3.90. The molecule has 0 saturated carbocycles. The van der Waals surface area contributed by atoms with Crippen molar-refractivity contribution in [2.24, 2.45) is 5.41 Å². The number of carbonyl (C=O) groups excluding carboxylic acids is 4. The summed E-state index contributed by atoms with van der Waals surface area (Å²) in [4.78, 5) is 64.4. The molecule has 0 bridgehead atoms. The minimum Gasteiger partial charge on any atom is -0.379 e. The van der Waals surface area contributed by atoms with Crippen molar-refractivity contribution >= 4 is 123 Å². The molecule has 1 fully saturated rings. The highest BCUT2D eigenvalue weighted by molar-refractivity contribution is 7.90. The number of fused-ring (bicyclic) bond motifs is 3. The van der Waals surface area contributed by atoms with Crippen LogP contribution < -0.4 is 30.1 Å². The molecule has 3 atom stereocenters. The molecule has 4 aliphatic heterocycles. The summed E-state index contributed by atoms with van der Waals surface area (Å²) in [7, 11) is -5.75. The van der Waals surface area contributed by atoms with E-state index < -0.39 is 35.5 Å². The number of nitrogens with zero attached hydrogens (tertiary/aromatic N) is 4. The Morgan fingerprint density at radius 3 is 1.12 bits per heavy atom. The van der Waals surface area contributed by atoms with Gasteiger partial charge in [-0.25, -0.2) is 39.4 Å². The van der Waals surface area contributed by atoms with Gasteiger partial charge in [0, 0.05) is 185 Å². The second-order valence-corrected chi connectivity index (χ2v) is 38.9. The van der Waals surface area contributed by atoms with Crippen LogP contribution in [0.2, 0.25) is 30.1 Å². The van der Waals surface area contributed by atoms with Crippen LogP contribution in [0.3, 0.4) is 0 Å². The van der Waals surface area contributed by atoms with Crippen LogP contribution in [0.1, 0.15) is 126 Å². The van der Waals surface area contributed by atoms with E-state index in [1.807, 2.05) is 57.5 Å². The van der Waals surface area contributed by atoms with Gasteiger partial charge in [0.15, 0.2) is 0 Å². The monoisotopic (exact) mass is 1850 g/mol. The van der Waals surface area contributed by atoms with Crippen LogP contribution in [0.25, 0.3) is 0 Å². The van der Waals surface area contributed by atoms with E-state index >= 15 is 0 Å². The molecule has 3 amide bonds. The molecule has 0 spiro atoms. The SMILES string of the molecule is CN1Cc2c(Cl)cc(Cl)cc2[C@H](c2cccc(S(=O)(=O)NCCOCCOCCCC(=O)CCC(CCC(=O)NCCOCCOCCNS(=O)(=O)c3cccc([C@@H]4CN(C)Cc5c(Cl)cc(Cl)cc54)c3)(CCC(=O)NCCOCCOCCNS(=O)(=O)c3cccc([C@@H]4CN(C)Cc5c(Cl)cc(Cl)cc54)c3)CC(=O)NCCN3CCOCC3)c2)C1. The van der Waals surface area contributed by atoms with Crippen LogP contribution in [-0.4, -0.2) is 261 Å². The van der Waals surface area contributed by atoms with E-state index in [0.29, 0.717) is 102 Å². The maximum Gasteiger partial charge on any atom is 0.240 e. The molecule has 10 rings (SSSR count). The van der Waals surface area contributed by atoms with Gasteiger partial charge in [0.2, 0.25) is 47.8 Å². The van der Waals surface area contributed by atoms with Crippen molar-refractivity contribution in [2.45, 2.75) is 110 Å². The lowest BCUT2D eigenvalue weighted by Crippen LogP contribution is -2.42. The Hall–Kier alpha value is -5.57. The first-order valence-corrected chi connectivity index (χ1v) is 47.6. The number of rotatable bonds is 51. The van der Waals surface area contributed by atoms with Gasteiger partial charge in [-0.3, -0.25) is 24.1 Å². The Morgan fingerprint density at radius 1 is 0.413 bits per heavy atom. The molecule has 121 heavy (non-hydrogen) atoms. The summed E-state index contributed by atoms with van der Waals surface area (Å²) in [5.41, 5.74) is 7.21. The minimum absolute atomic E-state index is 0.00349. The lowest BCUT2D eigenvalue weighted by molar-refractivity contribution is -0.128. The molecule has 4 heterocycles. The Morgan fingerprint density at radius 2 is 0.752 bits per heavy atom. The van der Waals surface area contributed by atoms with Crippen LogP contribution in [0.5, 0.6) is 0 Å². The number of likely N-dealkylation sites (N-methyl/N-ethyl adjacent to an activating group) is 3. The zero-order valence-corrected chi connectivity index (χ0v) is 75.7. The standard InChI is InChI=1S/C85H112Cl6N10O17S3/c1-98-54-73(70-47-63(86)50-79(89)76(70)57-98)60-8-4-12-67(44-60)119(106,107)95-24-33-115-39-38-112-30-7-11-66(102)15-18-85(53-84(105)92-21-27-101-28-36-118-37-29-101,19-16-82(103)93-22-31-113-40-42-116-34-25-96-120(108,109)68-13-5-9-61(45-68)74-55-99(2)58-77-71(74)48-64(87)51-80(77)90)20-17-83(104)94-23-32-114-41-43-117-35-26-97-121(110,111)69-14-6-10-62(46-69)75-56-100(3)59-78-72(75)49-65(88)52-81(78)91/h4-6,8-10,12-14,44-52,73-75,95-97H,7,11,15-43,53-59H2,1-3H3,(H,92,105)(H,93,103)(H,94,104)/t73-,74-,75-/m0/s1. The summed E-state index contributed by atoms with van der Waals surface area (Å²) in [6.45, 7) is 9.38. The average Bonchev–Trinajstić information content (AvgIpc) is 0.780. The Balaban J connectivity index is 0.669. The normalized spacial score (nSPS) is 17.0. The summed E-state index contributed by atoms with van der Waals surface area (Å²) in [6.07, 6.45) is 0.951. The summed E-state index contributed by atoms with van der Waals surface area (Å²) < 4.78 is 129. The van der Waals surface area contributed by atoms with Gasteiger partial charge >= 0.3 is 0 Å². The number of amides is 3. The molecule has 6 aromatic rings. The van der Waals surface area contributed by atoms with Gasteiger partial charge in [-0.05, 0) is 175 Å². The number of halogens is 6. The quantitative estimate of drug-likeness (QED) is 0.0193. The van der Waals surface area contributed by atoms with Crippen molar-refractivity contribution in [1.82, 2.24) is 49.7 Å². The Labute approximate surface area is 741 Å². The summed E-state index contributed by atoms with van der Waals surface area (Å²) >= 11 is 39.0. The van der Waals surface area contributed by atoms with E-state index in [0.717, 1.165) is 63.2 Å². The van der Waals surface area contributed by atoms with Crippen molar-refractivity contribution in [3.63, 3.8) is 0 Å². The zero-order valence-electron chi connectivity index (χ0n) is 68.7. The van der Waals surface area contributed by atoms with Crippen LogP contribution in [0, 0.1) is 5.41 Å². The van der Waals surface area contributed by atoms with E-state index in [1.54, 1.807) is 72.8 Å². The summed E-state index contributed by atoms with van der Waals surface area (Å²) in [6, 6.07) is 31.3. The number of nitrogens with one attached hydrogen (secondary N) is 6. The first-order valence-electron chi connectivity index (χ1n) is 40.9. The number of benzene rings is 6. The molecule has 36 heteroatoms. The van der Waals surface area contributed by atoms with Gasteiger partial charge in [0.25, 0.3) is 0 Å². The molecule has 664 valence electrons. The summed E-state index contributed by atoms with van der Waals surface area (Å²) in [5.74, 6) is -1.49. The molecule has 27 nitrogen and oxygen atoms in total. The van der Waals surface area contributed by atoms with Gasteiger partial charge < -0.3 is 63.8 Å². The predicted octanol–water partition coefficient (Wildman–Crippen LogP) is 10.4. The number of carbonyl (C=O) groups is 4. The van der Waals surface area contributed by atoms with E-state index in [9.17, 15) is 44.4 Å². The molecular formula is C85H112Cl6N10O17S3. The molecule has 6 N–H and O–H groups in total. The second-order valence-electron chi connectivity index (χ2n) is 31.0. The van der Waals surface area contributed by atoms with Crippen LogP contribution in [0.15, 0.2) is 124 Å². The van der Waals surface area contributed by atoms with E-state index in [2.05, 4.69) is 49.7 Å². The van der Waals surface area contributed by atoms with Crippen molar-refractivity contribution in [3.8, 4) is 0 Å². The molecule has 0 aliphatic carbocycles. The number of ketones is 1. The Bertz CT molecular complexity index is 4370. The highest BCUT2D eigenvalue weighted by Crippen LogP contribution is 2.44. The molecule has 0 radical (unpaired) electrons. The van der Waals surface area contributed by atoms with Gasteiger partial charge in [-0.2, -0.15) is 0 Å². The summed E-state index contributed by atoms with van der Waals surface area (Å²) in [5, 5.41) is 12.1. The fourth-order valence-electron chi connectivity index (χ4n) is 15.6. The predicted molar refractivity (Wildman–Crippen MR) is 469 cm³/mol. The fourth-order valence-corrected chi connectivity index (χ4v) is 20.5. The Kier molecular flexibility index (Phi) is 39.0. The smallest absolute Gasteiger partial charge is 0.240 e. The maximum absolute atomic E-state index is 14.1. The lowest BCUT2D eigenvalue weighted by Gasteiger charge is -2.34. The molecule has 6 aromatic carbocycles. The lowest BCUT2D eigenvalue weighted by atomic mass is 9.71. The van der Waals surface area contributed by atoms with Crippen LogP contribution >= 0.6 is 69.6 Å². The van der Waals surface area contributed by atoms with E-state index in [-0.39, 0.29) is 219 Å². The van der Waals surface area contributed by atoms with Crippen LogP contribution in [-0.2, 0) is 102 Å². The molecule has 0 aromatic heterocycles. The highest BCUT2D eigenvalue weighted by atomic mass is 35.5. The molecule has 4 aliphatic rings. The third-order valence-corrected chi connectivity index (χ3v) is 27.9. The van der Waals surface area contributed by atoms with Crippen molar-refractivity contribution in [2.75, 3.05) is 192 Å². The third kappa shape index (κ3) is 30.6. The molecular weight excluding hydrogens is 1740 g/mol. The van der Waals surface area contributed by atoms with E-state index in [1.165, 1.54) is 0 Å². The first kappa shape index (κ1) is 97.6. The third-order valence-electron chi connectivity index (χ3n) is 21.9. The van der Waals surface area contributed by atoms with Crippen molar-refractivity contribution < 1.29 is 77.6 Å². The van der Waals surface area contributed by atoms with Gasteiger partial charge in [0.1, 0.15) is 5.78 Å².